The van der Waals surface area contributed by atoms with E-state index in [1.807, 2.05) is 18.9 Å². The Balaban J connectivity index is 2.59. The van der Waals surface area contributed by atoms with Crippen LogP contribution >= 0.6 is 0 Å². The zero-order valence-corrected chi connectivity index (χ0v) is 10.5. The molecule has 1 rings (SSSR count). The fraction of sp³-hybridized carbons (Fsp3) is 0.818. The van der Waals surface area contributed by atoms with Gasteiger partial charge in [-0.2, -0.15) is 0 Å². The van der Waals surface area contributed by atoms with Gasteiger partial charge in [-0.25, -0.2) is 0 Å². The SMILES string of the molecule is CCOCC(=O)N1CCN(C)C[C@@H](C(N)=O)C1. The van der Waals surface area contributed by atoms with E-state index < -0.39 is 0 Å². The first-order valence-electron chi connectivity index (χ1n) is 5.88. The van der Waals surface area contributed by atoms with Gasteiger partial charge in [-0.1, -0.05) is 0 Å². The van der Waals surface area contributed by atoms with Crippen LogP contribution in [0.5, 0.6) is 0 Å². The number of ether oxygens (including phenoxy) is 1. The van der Waals surface area contributed by atoms with Crippen LogP contribution in [0.1, 0.15) is 6.92 Å². The summed E-state index contributed by atoms with van der Waals surface area (Å²) in [5, 5.41) is 0. The lowest BCUT2D eigenvalue weighted by Crippen LogP contribution is -2.41. The van der Waals surface area contributed by atoms with Gasteiger partial charge in [0.15, 0.2) is 0 Å². The van der Waals surface area contributed by atoms with Crippen LogP contribution in [-0.4, -0.2) is 68.1 Å². The highest BCUT2D eigenvalue weighted by molar-refractivity contribution is 5.80. The van der Waals surface area contributed by atoms with E-state index in [1.165, 1.54) is 0 Å². The van der Waals surface area contributed by atoms with Gasteiger partial charge in [-0.15, -0.1) is 0 Å². The fourth-order valence-electron chi connectivity index (χ4n) is 1.86. The van der Waals surface area contributed by atoms with E-state index in [-0.39, 0.29) is 24.3 Å². The Morgan fingerprint density at radius 1 is 1.35 bits per heavy atom. The number of hydrogen-bond acceptors (Lipinski definition) is 4. The second-order valence-electron chi connectivity index (χ2n) is 4.34. The van der Waals surface area contributed by atoms with Gasteiger partial charge >= 0.3 is 0 Å². The molecular formula is C11H21N3O3. The maximum absolute atomic E-state index is 11.8. The first-order chi connectivity index (χ1) is 8.04. The molecule has 2 N–H and O–H groups in total. The third-order valence-electron chi connectivity index (χ3n) is 2.91. The monoisotopic (exact) mass is 243 g/mol. The van der Waals surface area contributed by atoms with Crippen LogP contribution in [0.4, 0.5) is 0 Å². The minimum Gasteiger partial charge on any atom is -0.372 e. The summed E-state index contributed by atoms with van der Waals surface area (Å²) in [4.78, 5) is 26.8. The molecular weight excluding hydrogens is 222 g/mol. The van der Waals surface area contributed by atoms with Crippen LogP contribution in [0.2, 0.25) is 0 Å². The Morgan fingerprint density at radius 2 is 2.06 bits per heavy atom. The van der Waals surface area contributed by atoms with E-state index in [4.69, 9.17) is 10.5 Å². The molecule has 1 fully saturated rings. The fourth-order valence-corrected chi connectivity index (χ4v) is 1.86. The summed E-state index contributed by atoms with van der Waals surface area (Å²) >= 11 is 0. The molecule has 0 aliphatic carbocycles. The molecule has 6 heteroatoms. The number of rotatable bonds is 4. The van der Waals surface area contributed by atoms with Gasteiger partial charge < -0.3 is 20.3 Å². The van der Waals surface area contributed by atoms with Crippen molar-refractivity contribution in [2.24, 2.45) is 11.7 Å². The van der Waals surface area contributed by atoms with E-state index in [0.717, 1.165) is 6.54 Å². The molecule has 0 radical (unpaired) electrons. The maximum Gasteiger partial charge on any atom is 0.248 e. The molecule has 0 bridgehead atoms. The Labute approximate surface area is 102 Å². The van der Waals surface area contributed by atoms with Crippen LogP contribution in [0.25, 0.3) is 0 Å². The van der Waals surface area contributed by atoms with Gasteiger partial charge in [0.2, 0.25) is 11.8 Å². The zero-order valence-electron chi connectivity index (χ0n) is 10.5. The predicted octanol–water partition coefficient (Wildman–Crippen LogP) is -1.10. The van der Waals surface area contributed by atoms with Crippen LogP contribution < -0.4 is 5.73 Å². The van der Waals surface area contributed by atoms with Gasteiger partial charge in [-0.05, 0) is 14.0 Å². The summed E-state index contributed by atoms with van der Waals surface area (Å²) in [6.45, 7) is 4.80. The molecule has 0 aromatic heterocycles. The van der Waals surface area contributed by atoms with Crippen LogP contribution in [0.15, 0.2) is 0 Å². The number of hydrogen-bond donors (Lipinski definition) is 1. The summed E-state index contributed by atoms with van der Waals surface area (Å²) in [7, 11) is 1.92. The van der Waals surface area contributed by atoms with E-state index in [9.17, 15) is 9.59 Å². The lowest BCUT2D eigenvalue weighted by atomic mass is 10.1. The third-order valence-corrected chi connectivity index (χ3v) is 2.91. The minimum atomic E-state index is -0.354. The van der Waals surface area contributed by atoms with Crippen molar-refractivity contribution in [3.8, 4) is 0 Å². The molecule has 1 atom stereocenters. The molecule has 0 unspecified atom stereocenters. The van der Waals surface area contributed by atoms with Gasteiger partial charge in [0.05, 0.1) is 5.92 Å². The summed E-state index contributed by atoms with van der Waals surface area (Å²) < 4.78 is 5.09. The van der Waals surface area contributed by atoms with Crippen LogP contribution in [0.3, 0.4) is 0 Å². The van der Waals surface area contributed by atoms with Crippen molar-refractivity contribution in [2.45, 2.75) is 6.92 Å². The van der Waals surface area contributed by atoms with Gasteiger partial charge in [0, 0.05) is 32.8 Å². The van der Waals surface area contributed by atoms with Crippen molar-refractivity contribution >= 4 is 11.8 Å². The Kier molecular flexibility index (Phi) is 5.37. The van der Waals surface area contributed by atoms with E-state index in [0.29, 0.717) is 26.2 Å². The molecule has 0 aromatic carbocycles. The normalized spacial score (nSPS) is 22.2. The van der Waals surface area contributed by atoms with Crippen molar-refractivity contribution in [1.82, 2.24) is 9.80 Å². The molecule has 1 aliphatic heterocycles. The van der Waals surface area contributed by atoms with Crippen molar-refractivity contribution < 1.29 is 14.3 Å². The van der Waals surface area contributed by atoms with Gasteiger partial charge in [0.25, 0.3) is 0 Å². The van der Waals surface area contributed by atoms with Crippen LogP contribution in [-0.2, 0) is 14.3 Å². The number of primary amides is 1. The summed E-state index contributed by atoms with van der Waals surface area (Å²) in [5.74, 6) is -0.727. The van der Waals surface area contributed by atoms with E-state index in [1.54, 1.807) is 4.90 Å². The lowest BCUT2D eigenvalue weighted by molar-refractivity contribution is -0.136. The molecule has 0 aromatic rings. The zero-order chi connectivity index (χ0) is 12.8. The Bertz CT molecular complexity index is 283. The van der Waals surface area contributed by atoms with E-state index in [2.05, 4.69) is 0 Å². The predicted molar refractivity (Wildman–Crippen MR) is 63.3 cm³/mol. The standard InChI is InChI=1S/C11H21N3O3/c1-3-17-8-10(15)14-5-4-13(2)6-9(7-14)11(12)16/h9H,3-8H2,1-2H3,(H2,12,16)/t9-/m1/s1. The largest absolute Gasteiger partial charge is 0.372 e. The van der Waals surface area contributed by atoms with Crippen molar-refractivity contribution in [2.75, 3.05) is 46.4 Å². The average Bonchev–Trinajstić information content (AvgIpc) is 2.48. The molecule has 2 amide bonds. The van der Waals surface area contributed by atoms with Crippen molar-refractivity contribution in [3.63, 3.8) is 0 Å². The molecule has 0 spiro atoms. The number of carbonyl (C=O) groups is 2. The first kappa shape index (κ1) is 13.9. The van der Waals surface area contributed by atoms with Gasteiger partial charge in [-0.3, -0.25) is 9.59 Å². The summed E-state index contributed by atoms with van der Waals surface area (Å²) in [6.07, 6.45) is 0. The summed E-state index contributed by atoms with van der Waals surface area (Å²) in [5.41, 5.74) is 5.33. The number of likely N-dealkylation sites (N-methyl/N-ethyl adjacent to an activating group) is 1. The molecule has 0 saturated carbocycles. The quantitative estimate of drug-likeness (QED) is 0.680. The number of amides is 2. The molecule has 17 heavy (non-hydrogen) atoms. The van der Waals surface area contributed by atoms with Crippen LogP contribution in [0, 0.1) is 5.92 Å². The Morgan fingerprint density at radius 3 is 2.65 bits per heavy atom. The lowest BCUT2D eigenvalue weighted by Gasteiger charge is -2.22. The van der Waals surface area contributed by atoms with E-state index >= 15 is 0 Å². The summed E-state index contributed by atoms with van der Waals surface area (Å²) in [6, 6.07) is 0. The number of nitrogens with two attached hydrogens (primary N) is 1. The second-order valence-corrected chi connectivity index (χ2v) is 4.34. The molecule has 98 valence electrons. The first-order valence-corrected chi connectivity index (χ1v) is 5.88. The molecule has 6 nitrogen and oxygen atoms in total. The van der Waals surface area contributed by atoms with Crippen molar-refractivity contribution in [3.05, 3.63) is 0 Å². The Hall–Kier alpha value is -1.14. The number of carbonyl (C=O) groups excluding carboxylic acids is 2. The number of nitrogens with zero attached hydrogens (tertiary/aromatic N) is 2. The maximum atomic E-state index is 11.8. The minimum absolute atomic E-state index is 0.0751. The average molecular weight is 243 g/mol. The second kappa shape index (κ2) is 6.56. The molecule has 1 aliphatic rings. The third kappa shape index (κ3) is 4.32. The topological polar surface area (TPSA) is 75.9 Å². The smallest absolute Gasteiger partial charge is 0.248 e. The molecule has 1 heterocycles. The highest BCUT2D eigenvalue weighted by Crippen LogP contribution is 2.08. The highest BCUT2D eigenvalue weighted by Gasteiger charge is 2.27. The molecule has 1 saturated heterocycles. The van der Waals surface area contributed by atoms with Crippen molar-refractivity contribution in [1.29, 1.82) is 0 Å². The highest BCUT2D eigenvalue weighted by atomic mass is 16.5. The van der Waals surface area contributed by atoms with Gasteiger partial charge in [0.1, 0.15) is 6.61 Å².